The maximum atomic E-state index is 6.49. The van der Waals surface area contributed by atoms with Gasteiger partial charge in [-0.25, -0.2) is 14.6 Å². The molecule has 2 aromatic heterocycles. The van der Waals surface area contributed by atoms with Gasteiger partial charge in [-0.3, -0.25) is 0 Å². The molecule has 2 saturated heterocycles. The Balaban J connectivity index is 1.37. The van der Waals surface area contributed by atoms with Crippen LogP contribution in [-0.2, 0) is 0 Å². The van der Waals surface area contributed by atoms with Gasteiger partial charge < -0.3 is 9.80 Å². The third-order valence-electron chi connectivity index (χ3n) is 6.99. The number of anilines is 1. The van der Waals surface area contributed by atoms with Crippen LogP contribution in [0, 0.1) is 12.8 Å². The molecule has 1 aromatic carbocycles. The van der Waals surface area contributed by atoms with Gasteiger partial charge in [0.1, 0.15) is 11.3 Å². The first-order valence-corrected chi connectivity index (χ1v) is 12.4. The van der Waals surface area contributed by atoms with E-state index in [0.717, 1.165) is 47.2 Å². The topological polar surface area (TPSA) is 50.1 Å². The lowest BCUT2D eigenvalue weighted by molar-refractivity contribution is 0.249. The van der Waals surface area contributed by atoms with Crippen molar-refractivity contribution >= 4 is 40.2 Å². The summed E-state index contributed by atoms with van der Waals surface area (Å²) >= 11 is 12.6. The van der Waals surface area contributed by atoms with Gasteiger partial charge in [0.05, 0.1) is 17.9 Å². The number of fused-ring (bicyclic) bond motifs is 1. The van der Waals surface area contributed by atoms with E-state index in [2.05, 4.69) is 16.7 Å². The number of hydrogen-bond donors (Lipinski definition) is 0. The Morgan fingerprint density at radius 1 is 1.09 bits per heavy atom. The van der Waals surface area contributed by atoms with E-state index in [4.69, 9.17) is 38.3 Å². The summed E-state index contributed by atoms with van der Waals surface area (Å²) in [6, 6.07) is 5.52. The van der Waals surface area contributed by atoms with Gasteiger partial charge >= 0.3 is 0 Å². The molecule has 1 atom stereocenters. The van der Waals surface area contributed by atoms with E-state index in [0.29, 0.717) is 10.0 Å². The van der Waals surface area contributed by atoms with Crippen molar-refractivity contribution in [2.24, 2.45) is 5.92 Å². The summed E-state index contributed by atoms with van der Waals surface area (Å²) in [5.74, 6) is 1.73. The van der Waals surface area contributed by atoms with E-state index >= 15 is 0 Å². The smallest absolute Gasteiger partial charge is 0.179 e. The number of likely N-dealkylation sites (tertiary alicyclic amines) is 1. The lowest BCUT2D eigenvalue weighted by Crippen LogP contribution is -2.38. The Hall–Kier alpha value is -1.89. The zero-order valence-corrected chi connectivity index (χ0v) is 20.3. The van der Waals surface area contributed by atoms with Gasteiger partial charge in [-0.15, -0.1) is 0 Å². The van der Waals surface area contributed by atoms with E-state index in [1.54, 1.807) is 6.07 Å². The van der Waals surface area contributed by atoms with Crippen LogP contribution in [0.25, 0.3) is 11.2 Å². The molecule has 0 aliphatic carbocycles. The molecule has 2 aliphatic heterocycles. The molecule has 8 heteroatoms. The van der Waals surface area contributed by atoms with Crippen molar-refractivity contribution in [3.63, 3.8) is 0 Å². The van der Waals surface area contributed by atoms with Crippen LogP contribution in [0.15, 0.2) is 24.4 Å². The minimum absolute atomic E-state index is 0.0771. The molecule has 0 spiro atoms. The summed E-state index contributed by atoms with van der Waals surface area (Å²) in [5, 5.41) is 6.02. The van der Waals surface area contributed by atoms with Crippen LogP contribution in [-0.4, -0.2) is 57.4 Å². The highest BCUT2D eigenvalue weighted by Gasteiger charge is 2.25. The summed E-state index contributed by atoms with van der Waals surface area (Å²) in [6.45, 7) is 9.94. The van der Waals surface area contributed by atoms with Crippen LogP contribution >= 0.6 is 23.2 Å². The quantitative estimate of drug-likeness (QED) is 0.499. The van der Waals surface area contributed by atoms with E-state index in [9.17, 15) is 0 Å². The highest BCUT2D eigenvalue weighted by molar-refractivity contribution is 6.35. The monoisotopic (exact) mass is 472 g/mol. The largest absolute Gasteiger partial charge is 0.355 e. The van der Waals surface area contributed by atoms with Crippen molar-refractivity contribution in [3.05, 3.63) is 45.7 Å². The van der Waals surface area contributed by atoms with E-state index in [1.807, 2.05) is 29.9 Å². The molecule has 0 N–H and O–H groups in total. The van der Waals surface area contributed by atoms with Crippen LogP contribution in [0.5, 0.6) is 0 Å². The third kappa shape index (κ3) is 4.33. The lowest BCUT2D eigenvalue weighted by Gasteiger charge is -2.34. The first-order valence-electron chi connectivity index (χ1n) is 11.6. The fourth-order valence-electron chi connectivity index (χ4n) is 5.11. The maximum Gasteiger partial charge on any atom is 0.179 e. The van der Waals surface area contributed by atoms with Gasteiger partial charge in [0, 0.05) is 29.7 Å². The molecule has 2 fully saturated rings. The van der Waals surface area contributed by atoms with Crippen molar-refractivity contribution < 1.29 is 0 Å². The van der Waals surface area contributed by atoms with E-state index < -0.39 is 0 Å². The Kier molecular flexibility index (Phi) is 6.28. The predicted molar refractivity (Wildman–Crippen MR) is 131 cm³/mol. The van der Waals surface area contributed by atoms with Gasteiger partial charge in [0.25, 0.3) is 0 Å². The fraction of sp³-hybridized carbons (Fsp3) is 0.542. The second kappa shape index (κ2) is 9.16. The third-order valence-corrected chi connectivity index (χ3v) is 7.55. The predicted octanol–water partition coefficient (Wildman–Crippen LogP) is 5.36. The zero-order chi connectivity index (χ0) is 22.2. The Bertz CT molecular complexity index is 1100. The normalized spacial score (nSPS) is 19.2. The minimum atomic E-state index is -0.0771. The van der Waals surface area contributed by atoms with Gasteiger partial charge in [0.2, 0.25) is 0 Å². The number of nitrogens with zero attached hydrogens (tertiary/aromatic N) is 6. The number of piperidine rings is 1. The van der Waals surface area contributed by atoms with Crippen LogP contribution < -0.4 is 4.90 Å². The second-order valence-electron chi connectivity index (χ2n) is 9.21. The van der Waals surface area contributed by atoms with Gasteiger partial charge in [-0.1, -0.05) is 29.3 Å². The molecule has 32 heavy (non-hydrogen) atoms. The highest BCUT2D eigenvalue weighted by atomic mass is 35.5. The van der Waals surface area contributed by atoms with Crippen LogP contribution in [0.1, 0.15) is 49.9 Å². The second-order valence-corrected chi connectivity index (χ2v) is 10.1. The molecule has 4 heterocycles. The van der Waals surface area contributed by atoms with Crippen molar-refractivity contribution in [2.45, 2.75) is 45.6 Å². The number of benzene rings is 1. The Morgan fingerprint density at radius 2 is 1.84 bits per heavy atom. The lowest BCUT2D eigenvalue weighted by atomic mass is 9.96. The number of rotatable bonds is 5. The maximum absolute atomic E-state index is 6.49. The number of hydrogen-bond acceptors (Lipinski definition) is 5. The minimum Gasteiger partial charge on any atom is -0.355 e. The summed E-state index contributed by atoms with van der Waals surface area (Å²) < 4.78 is 1.94. The molecule has 0 amide bonds. The summed E-state index contributed by atoms with van der Waals surface area (Å²) in [4.78, 5) is 14.8. The molecule has 0 bridgehead atoms. The molecular weight excluding hydrogens is 443 g/mol. The number of aromatic nitrogens is 4. The van der Waals surface area contributed by atoms with Crippen molar-refractivity contribution in [3.8, 4) is 0 Å². The molecule has 6 nitrogen and oxygen atoms in total. The highest BCUT2D eigenvalue weighted by Crippen LogP contribution is 2.31. The van der Waals surface area contributed by atoms with Gasteiger partial charge in [-0.2, -0.15) is 5.10 Å². The molecule has 3 aromatic rings. The van der Waals surface area contributed by atoms with Crippen LogP contribution in [0.4, 0.5) is 5.82 Å². The first-order chi connectivity index (χ1) is 15.5. The molecule has 2 aliphatic rings. The summed E-state index contributed by atoms with van der Waals surface area (Å²) in [6.07, 6.45) is 7.06. The average Bonchev–Trinajstić information content (AvgIpc) is 3.41. The molecule has 0 saturated carbocycles. The van der Waals surface area contributed by atoms with Crippen LogP contribution in [0.2, 0.25) is 10.0 Å². The standard InChI is InChI=1S/C24H30Cl2N6/c1-16-23-24(32(29-16)17(2)20-6-5-19(25)13-21(20)26)28-22(14-27-23)31-11-7-18(8-12-31)15-30-9-3-4-10-30/h5-6,13-14,17-18H,3-4,7-12,15H2,1-2H3. The van der Waals surface area contributed by atoms with E-state index in [1.165, 1.54) is 45.3 Å². The Labute approximate surface area is 199 Å². The summed E-state index contributed by atoms with van der Waals surface area (Å²) in [5.41, 5.74) is 3.49. The summed E-state index contributed by atoms with van der Waals surface area (Å²) in [7, 11) is 0. The molecule has 5 rings (SSSR count). The number of halogens is 2. The SMILES string of the molecule is Cc1nn(C(C)c2ccc(Cl)cc2Cl)c2nc(N3CCC(CN4CCCC4)CC3)cnc12. The molecule has 0 radical (unpaired) electrons. The fourth-order valence-corrected chi connectivity index (χ4v) is 5.68. The number of aryl methyl sites for hydroxylation is 1. The first kappa shape index (κ1) is 21.9. The van der Waals surface area contributed by atoms with E-state index in [-0.39, 0.29) is 6.04 Å². The Morgan fingerprint density at radius 3 is 2.56 bits per heavy atom. The average molecular weight is 473 g/mol. The molecule has 1 unspecified atom stereocenters. The van der Waals surface area contributed by atoms with Crippen molar-refractivity contribution in [2.75, 3.05) is 37.6 Å². The van der Waals surface area contributed by atoms with Gasteiger partial charge in [0.15, 0.2) is 5.65 Å². The molecule has 170 valence electrons. The van der Waals surface area contributed by atoms with Crippen molar-refractivity contribution in [1.29, 1.82) is 0 Å². The van der Waals surface area contributed by atoms with Crippen molar-refractivity contribution in [1.82, 2.24) is 24.6 Å². The van der Waals surface area contributed by atoms with Gasteiger partial charge in [-0.05, 0) is 76.2 Å². The van der Waals surface area contributed by atoms with Crippen LogP contribution in [0.3, 0.4) is 0 Å². The molecular formula is C24H30Cl2N6. The zero-order valence-electron chi connectivity index (χ0n) is 18.8.